The molecule has 1 aliphatic rings. The van der Waals surface area contributed by atoms with Crippen LogP contribution in [0, 0.1) is 0 Å². The zero-order chi connectivity index (χ0) is 14.0. The molecule has 1 heterocycles. The van der Waals surface area contributed by atoms with E-state index in [2.05, 4.69) is 0 Å². The van der Waals surface area contributed by atoms with Gasteiger partial charge in [-0.25, -0.2) is 4.79 Å². The molecular weight excluding hydrogens is 248 g/mol. The lowest BCUT2D eigenvalue weighted by Crippen LogP contribution is -2.37. The molecule has 0 aliphatic carbocycles. The van der Waals surface area contributed by atoms with Gasteiger partial charge in [0.1, 0.15) is 6.04 Å². The summed E-state index contributed by atoms with van der Waals surface area (Å²) in [4.78, 5) is 35.0. The third-order valence-corrected chi connectivity index (χ3v) is 3.20. The van der Waals surface area contributed by atoms with Crippen LogP contribution in [0.5, 0.6) is 0 Å². The van der Waals surface area contributed by atoms with Gasteiger partial charge in [-0.2, -0.15) is 0 Å². The molecule has 0 radical (unpaired) electrons. The summed E-state index contributed by atoms with van der Waals surface area (Å²) >= 11 is 0. The van der Waals surface area contributed by atoms with Crippen LogP contribution in [0.2, 0.25) is 0 Å². The fourth-order valence-corrected chi connectivity index (χ4v) is 2.16. The summed E-state index contributed by atoms with van der Waals surface area (Å²) < 4.78 is 0. The highest BCUT2D eigenvalue weighted by atomic mass is 16.4. The van der Waals surface area contributed by atoms with Gasteiger partial charge in [-0.3, -0.25) is 9.59 Å². The highest BCUT2D eigenvalue weighted by Crippen LogP contribution is 2.21. The number of carbonyl (C=O) groups is 3. The van der Waals surface area contributed by atoms with Gasteiger partial charge in [-0.1, -0.05) is 12.1 Å². The summed E-state index contributed by atoms with van der Waals surface area (Å²) in [6.45, 7) is 0.231. The average molecular weight is 262 g/mol. The number of nitrogens with two attached hydrogens (primary N) is 1. The molecule has 6 heteroatoms. The Morgan fingerprint density at radius 3 is 2.47 bits per heavy atom. The molecule has 1 aromatic rings. The molecule has 1 atom stereocenters. The second-order valence-corrected chi connectivity index (χ2v) is 4.48. The lowest BCUT2D eigenvalue weighted by molar-refractivity contribution is -0.146. The van der Waals surface area contributed by atoms with E-state index in [1.807, 2.05) is 0 Å². The molecule has 2 amide bonds. The van der Waals surface area contributed by atoms with E-state index < -0.39 is 17.9 Å². The van der Waals surface area contributed by atoms with Gasteiger partial charge in [0.2, 0.25) is 11.8 Å². The standard InChI is InChI=1S/C13H14N2O4/c14-12(17)9-3-1-8(2-4-9)7-15-10(13(18)19)5-6-11(15)16/h1-4,10H,5-7H2,(H2,14,17)(H,18,19). The molecule has 100 valence electrons. The van der Waals surface area contributed by atoms with Crippen LogP contribution in [-0.4, -0.2) is 33.8 Å². The lowest BCUT2D eigenvalue weighted by atomic mass is 10.1. The van der Waals surface area contributed by atoms with E-state index in [0.717, 1.165) is 5.56 Å². The summed E-state index contributed by atoms with van der Waals surface area (Å²) in [6, 6.07) is 5.71. The third-order valence-electron chi connectivity index (χ3n) is 3.20. The number of hydrogen-bond donors (Lipinski definition) is 2. The van der Waals surface area contributed by atoms with Crippen molar-refractivity contribution in [2.75, 3.05) is 0 Å². The van der Waals surface area contributed by atoms with E-state index in [4.69, 9.17) is 10.8 Å². The van der Waals surface area contributed by atoms with Crippen LogP contribution in [0.1, 0.15) is 28.8 Å². The maximum atomic E-state index is 11.7. The number of carboxylic acids is 1. The maximum Gasteiger partial charge on any atom is 0.326 e. The molecule has 1 aromatic carbocycles. The lowest BCUT2D eigenvalue weighted by Gasteiger charge is -2.21. The van der Waals surface area contributed by atoms with Crippen molar-refractivity contribution in [2.24, 2.45) is 5.73 Å². The average Bonchev–Trinajstić information content (AvgIpc) is 2.72. The predicted octanol–water partition coefficient (Wildman–Crippen LogP) is 0.361. The van der Waals surface area contributed by atoms with Gasteiger partial charge in [0.15, 0.2) is 0 Å². The van der Waals surface area contributed by atoms with Gasteiger partial charge in [-0.15, -0.1) is 0 Å². The SMILES string of the molecule is NC(=O)c1ccc(CN2C(=O)CCC2C(=O)O)cc1. The van der Waals surface area contributed by atoms with Gasteiger partial charge in [0, 0.05) is 18.5 Å². The molecular formula is C13H14N2O4. The van der Waals surface area contributed by atoms with E-state index in [-0.39, 0.29) is 18.9 Å². The second kappa shape index (κ2) is 5.09. The number of benzene rings is 1. The van der Waals surface area contributed by atoms with Gasteiger partial charge in [0.25, 0.3) is 0 Å². The summed E-state index contributed by atoms with van der Waals surface area (Å²) in [6.07, 6.45) is 0.601. The van der Waals surface area contributed by atoms with E-state index in [1.165, 1.54) is 4.90 Å². The van der Waals surface area contributed by atoms with E-state index >= 15 is 0 Å². The molecule has 1 saturated heterocycles. The van der Waals surface area contributed by atoms with E-state index in [0.29, 0.717) is 12.0 Å². The summed E-state index contributed by atoms with van der Waals surface area (Å²) in [5.41, 5.74) is 6.28. The van der Waals surface area contributed by atoms with Crippen LogP contribution in [0.15, 0.2) is 24.3 Å². The van der Waals surface area contributed by atoms with Crippen molar-refractivity contribution in [2.45, 2.75) is 25.4 Å². The van der Waals surface area contributed by atoms with E-state index in [9.17, 15) is 14.4 Å². The highest BCUT2D eigenvalue weighted by Gasteiger charge is 2.35. The zero-order valence-corrected chi connectivity index (χ0v) is 10.2. The number of primary amides is 1. The molecule has 0 aromatic heterocycles. The molecule has 1 unspecified atom stereocenters. The highest BCUT2D eigenvalue weighted by molar-refractivity contribution is 5.92. The number of nitrogens with zero attached hydrogens (tertiary/aromatic N) is 1. The Balaban J connectivity index is 2.13. The monoisotopic (exact) mass is 262 g/mol. The number of carboxylic acid groups (broad SMARTS) is 1. The first-order valence-electron chi connectivity index (χ1n) is 5.90. The molecule has 1 aliphatic heterocycles. The minimum atomic E-state index is -0.986. The maximum absolute atomic E-state index is 11.7. The summed E-state index contributed by atoms with van der Waals surface area (Å²) in [7, 11) is 0. The van der Waals surface area contributed by atoms with Crippen molar-refractivity contribution in [3.8, 4) is 0 Å². The molecule has 0 spiro atoms. The summed E-state index contributed by atoms with van der Waals surface area (Å²) in [5, 5.41) is 9.04. The van der Waals surface area contributed by atoms with Gasteiger partial charge in [-0.05, 0) is 24.1 Å². The van der Waals surface area contributed by atoms with Gasteiger partial charge >= 0.3 is 5.97 Å². The number of aliphatic carboxylic acids is 1. The fraction of sp³-hybridized carbons (Fsp3) is 0.308. The van der Waals surface area contributed by atoms with Crippen LogP contribution < -0.4 is 5.73 Å². The number of rotatable bonds is 4. The number of likely N-dealkylation sites (tertiary alicyclic amines) is 1. The topological polar surface area (TPSA) is 101 Å². The molecule has 3 N–H and O–H groups in total. The van der Waals surface area contributed by atoms with Crippen LogP contribution in [0.3, 0.4) is 0 Å². The second-order valence-electron chi connectivity index (χ2n) is 4.48. The molecule has 2 rings (SSSR count). The largest absolute Gasteiger partial charge is 0.480 e. The number of hydrogen-bond acceptors (Lipinski definition) is 3. The third kappa shape index (κ3) is 2.73. The van der Waals surface area contributed by atoms with Crippen LogP contribution in [0.25, 0.3) is 0 Å². The molecule has 0 saturated carbocycles. The van der Waals surface area contributed by atoms with Crippen molar-refractivity contribution in [3.05, 3.63) is 35.4 Å². The first-order chi connectivity index (χ1) is 8.99. The minimum absolute atomic E-state index is 0.161. The quantitative estimate of drug-likeness (QED) is 0.818. The number of amides is 2. The Labute approximate surface area is 109 Å². The van der Waals surface area contributed by atoms with Gasteiger partial charge in [0.05, 0.1) is 0 Å². The summed E-state index contributed by atoms with van der Waals surface area (Å²) in [5.74, 6) is -1.67. The molecule has 19 heavy (non-hydrogen) atoms. The van der Waals surface area contributed by atoms with E-state index in [1.54, 1.807) is 24.3 Å². The number of carbonyl (C=O) groups excluding carboxylic acids is 2. The van der Waals surface area contributed by atoms with Crippen molar-refractivity contribution in [1.29, 1.82) is 0 Å². The normalized spacial score (nSPS) is 18.6. The van der Waals surface area contributed by atoms with Crippen molar-refractivity contribution in [3.63, 3.8) is 0 Å². The Morgan fingerprint density at radius 1 is 1.32 bits per heavy atom. The van der Waals surface area contributed by atoms with Crippen LogP contribution in [-0.2, 0) is 16.1 Å². The zero-order valence-electron chi connectivity index (χ0n) is 10.2. The Morgan fingerprint density at radius 2 is 1.95 bits per heavy atom. The van der Waals surface area contributed by atoms with Crippen LogP contribution >= 0.6 is 0 Å². The fourth-order valence-electron chi connectivity index (χ4n) is 2.16. The predicted molar refractivity (Wildman–Crippen MR) is 66.2 cm³/mol. The van der Waals surface area contributed by atoms with Crippen molar-refractivity contribution >= 4 is 17.8 Å². The molecule has 0 bridgehead atoms. The van der Waals surface area contributed by atoms with Crippen molar-refractivity contribution < 1.29 is 19.5 Å². The van der Waals surface area contributed by atoms with Gasteiger partial charge < -0.3 is 15.7 Å². The molecule has 6 nitrogen and oxygen atoms in total. The van der Waals surface area contributed by atoms with Crippen LogP contribution in [0.4, 0.5) is 0 Å². The van der Waals surface area contributed by atoms with Crippen molar-refractivity contribution in [1.82, 2.24) is 4.90 Å². The first kappa shape index (κ1) is 13.1. The Bertz CT molecular complexity index is 524. The smallest absolute Gasteiger partial charge is 0.326 e. The first-order valence-corrected chi connectivity index (χ1v) is 5.90. The molecule has 1 fully saturated rings. The minimum Gasteiger partial charge on any atom is -0.480 e. The Hall–Kier alpha value is -2.37. The Kier molecular flexibility index (Phi) is 3.50.